The Morgan fingerprint density at radius 1 is 1.33 bits per heavy atom. The van der Waals surface area contributed by atoms with Crippen molar-refractivity contribution >= 4 is 32.7 Å². The lowest BCUT2D eigenvalue weighted by atomic mass is 10.3. The van der Waals surface area contributed by atoms with Crippen molar-refractivity contribution in [1.29, 1.82) is 0 Å². The second-order valence-electron chi connectivity index (χ2n) is 5.22. The highest BCUT2D eigenvalue weighted by Gasteiger charge is 2.38. The summed E-state index contributed by atoms with van der Waals surface area (Å²) in [6.07, 6.45) is 1.94. The molecule has 0 atom stereocenters. The van der Waals surface area contributed by atoms with Gasteiger partial charge in [-0.15, -0.1) is 11.3 Å². The Morgan fingerprint density at radius 3 is 2.76 bits per heavy atom. The van der Waals surface area contributed by atoms with Gasteiger partial charge in [0.1, 0.15) is 4.21 Å². The molecule has 1 N–H and O–H groups in total. The van der Waals surface area contributed by atoms with Gasteiger partial charge in [-0.3, -0.25) is 0 Å². The first-order valence-electron chi connectivity index (χ1n) is 6.86. The van der Waals surface area contributed by atoms with Crippen molar-refractivity contribution in [1.82, 2.24) is 9.62 Å². The number of sulfonamides is 1. The molecule has 7 heteroatoms. The molecule has 114 valence electrons. The van der Waals surface area contributed by atoms with Crippen molar-refractivity contribution in [2.45, 2.75) is 36.2 Å². The third-order valence-electron chi connectivity index (χ3n) is 3.45. The van der Waals surface area contributed by atoms with Crippen LogP contribution in [0.2, 0.25) is 0 Å². The van der Waals surface area contributed by atoms with E-state index >= 15 is 0 Å². The second-order valence-corrected chi connectivity index (χ2v) is 9.03. The molecule has 2 heterocycles. The Bertz CT molecular complexity index is 688. The van der Waals surface area contributed by atoms with Crippen LogP contribution < -0.4 is 5.32 Å². The summed E-state index contributed by atoms with van der Waals surface area (Å²) in [5, 5.41) is 8.97. The molecule has 0 radical (unpaired) electrons. The van der Waals surface area contributed by atoms with Crippen molar-refractivity contribution in [2.75, 3.05) is 7.05 Å². The summed E-state index contributed by atoms with van der Waals surface area (Å²) < 4.78 is 27.9. The van der Waals surface area contributed by atoms with E-state index in [4.69, 9.17) is 0 Å². The monoisotopic (exact) mass is 342 g/mol. The lowest BCUT2D eigenvalue weighted by Crippen LogP contribution is -2.32. The van der Waals surface area contributed by atoms with Gasteiger partial charge in [-0.25, -0.2) is 8.42 Å². The number of nitrogens with zero attached hydrogens (tertiary/aromatic N) is 1. The van der Waals surface area contributed by atoms with Crippen molar-refractivity contribution in [3.8, 4) is 0 Å². The van der Waals surface area contributed by atoms with Crippen molar-refractivity contribution in [3.05, 3.63) is 39.4 Å². The van der Waals surface area contributed by atoms with E-state index in [1.54, 1.807) is 21.7 Å². The fourth-order valence-corrected chi connectivity index (χ4v) is 5.91. The number of rotatable bonds is 7. The first-order valence-corrected chi connectivity index (χ1v) is 10.1. The normalized spacial score (nSPS) is 15.7. The van der Waals surface area contributed by atoms with Gasteiger partial charge in [-0.2, -0.15) is 15.6 Å². The lowest BCUT2D eigenvalue weighted by Gasteiger charge is -2.20. The Morgan fingerprint density at radius 2 is 2.14 bits per heavy atom. The maximum absolute atomic E-state index is 12.9. The fourth-order valence-electron chi connectivity index (χ4n) is 2.24. The third-order valence-corrected chi connectivity index (χ3v) is 7.54. The zero-order chi connectivity index (χ0) is 14.9. The molecule has 1 fully saturated rings. The molecule has 0 unspecified atom stereocenters. The van der Waals surface area contributed by atoms with E-state index in [9.17, 15) is 8.42 Å². The van der Waals surface area contributed by atoms with Crippen LogP contribution in [0.15, 0.2) is 32.5 Å². The zero-order valence-electron chi connectivity index (χ0n) is 11.8. The van der Waals surface area contributed by atoms with Gasteiger partial charge in [0, 0.05) is 19.1 Å². The molecule has 0 saturated heterocycles. The van der Waals surface area contributed by atoms with E-state index in [0.717, 1.165) is 24.0 Å². The second kappa shape index (κ2) is 6.18. The van der Waals surface area contributed by atoms with Crippen LogP contribution in [0.1, 0.15) is 24.0 Å². The van der Waals surface area contributed by atoms with Crippen molar-refractivity contribution < 1.29 is 8.42 Å². The van der Waals surface area contributed by atoms with E-state index < -0.39 is 10.0 Å². The Kier molecular flexibility index (Phi) is 4.46. The van der Waals surface area contributed by atoms with Gasteiger partial charge in [0.25, 0.3) is 10.0 Å². The van der Waals surface area contributed by atoms with Gasteiger partial charge in [0.15, 0.2) is 0 Å². The smallest absolute Gasteiger partial charge is 0.253 e. The molecule has 1 aliphatic carbocycles. The molecule has 4 nitrogen and oxygen atoms in total. The maximum Gasteiger partial charge on any atom is 0.253 e. The molecule has 2 aromatic heterocycles. The van der Waals surface area contributed by atoms with Gasteiger partial charge in [-0.1, -0.05) is 0 Å². The Balaban J connectivity index is 1.85. The number of nitrogens with one attached hydrogen (secondary N) is 1. The molecule has 0 aliphatic heterocycles. The molecule has 3 rings (SSSR count). The van der Waals surface area contributed by atoms with Crippen LogP contribution in [0.25, 0.3) is 0 Å². The maximum atomic E-state index is 12.9. The molecule has 0 spiro atoms. The Labute approximate surface area is 133 Å². The van der Waals surface area contributed by atoms with Crippen LogP contribution in [0, 0.1) is 0 Å². The van der Waals surface area contributed by atoms with Gasteiger partial charge >= 0.3 is 0 Å². The summed E-state index contributed by atoms with van der Waals surface area (Å²) in [5.41, 5.74) is 2.09. The lowest BCUT2D eigenvalue weighted by molar-refractivity contribution is 0.400. The molecule has 1 saturated carbocycles. The first-order chi connectivity index (χ1) is 10.1. The largest absolute Gasteiger partial charge is 0.316 e. The number of thiophene rings is 2. The predicted molar refractivity (Wildman–Crippen MR) is 87.2 cm³/mol. The number of hydrogen-bond donors (Lipinski definition) is 1. The van der Waals surface area contributed by atoms with Crippen LogP contribution in [0.3, 0.4) is 0 Å². The standard InChI is InChI=1S/C14H18N2O2S3/c1-15-7-12-6-14(20-10-12)21(17,18)16(13-2-3-13)8-11-4-5-19-9-11/h4-6,9-10,13,15H,2-3,7-8H2,1H3. The molecule has 1 aliphatic rings. The minimum Gasteiger partial charge on any atom is -0.316 e. The highest BCUT2D eigenvalue weighted by atomic mass is 32.2. The van der Waals surface area contributed by atoms with Crippen LogP contribution in [-0.4, -0.2) is 25.8 Å². The SMILES string of the molecule is CNCc1csc(S(=O)(=O)N(Cc2ccsc2)C2CC2)c1. The average molecular weight is 343 g/mol. The molecule has 0 amide bonds. The molecule has 21 heavy (non-hydrogen) atoms. The van der Waals surface area contributed by atoms with Crippen LogP contribution >= 0.6 is 22.7 Å². The summed E-state index contributed by atoms with van der Waals surface area (Å²) >= 11 is 2.92. The summed E-state index contributed by atoms with van der Waals surface area (Å²) in [7, 11) is -1.52. The van der Waals surface area contributed by atoms with Crippen LogP contribution in [-0.2, 0) is 23.1 Å². The third kappa shape index (κ3) is 3.37. The van der Waals surface area contributed by atoms with E-state index in [2.05, 4.69) is 5.32 Å². The van der Waals surface area contributed by atoms with Gasteiger partial charge in [0.05, 0.1) is 0 Å². The minimum atomic E-state index is -3.38. The highest BCUT2D eigenvalue weighted by Crippen LogP contribution is 2.35. The molecule has 0 aromatic carbocycles. The average Bonchev–Trinajstić information content (AvgIpc) is 2.96. The molecule has 2 aromatic rings. The van der Waals surface area contributed by atoms with Gasteiger partial charge in [0.2, 0.25) is 0 Å². The predicted octanol–water partition coefficient (Wildman–Crippen LogP) is 2.88. The van der Waals surface area contributed by atoms with E-state index in [0.29, 0.717) is 17.3 Å². The van der Waals surface area contributed by atoms with Crippen LogP contribution in [0.5, 0.6) is 0 Å². The first kappa shape index (κ1) is 15.2. The van der Waals surface area contributed by atoms with Crippen LogP contribution in [0.4, 0.5) is 0 Å². The van der Waals surface area contributed by atoms with E-state index in [1.165, 1.54) is 11.3 Å². The van der Waals surface area contributed by atoms with Crippen molar-refractivity contribution in [2.24, 2.45) is 0 Å². The topological polar surface area (TPSA) is 49.4 Å². The summed E-state index contributed by atoms with van der Waals surface area (Å²) in [5.74, 6) is 0. The van der Waals surface area contributed by atoms with Crippen molar-refractivity contribution in [3.63, 3.8) is 0 Å². The zero-order valence-corrected chi connectivity index (χ0v) is 14.2. The molecule has 0 bridgehead atoms. The molecular formula is C14H18N2O2S3. The quantitative estimate of drug-likeness (QED) is 0.842. The van der Waals surface area contributed by atoms with E-state index in [-0.39, 0.29) is 6.04 Å². The summed E-state index contributed by atoms with van der Waals surface area (Å²) in [6.45, 7) is 1.18. The summed E-state index contributed by atoms with van der Waals surface area (Å²) in [4.78, 5) is 0. The minimum absolute atomic E-state index is 0.171. The van der Waals surface area contributed by atoms with Gasteiger partial charge in [-0.05, 0) is 59.3 Å². The Hall–Kier alpha value is -0.730. The number of hydrogen-bond acceptors (Lipinski definition) is 5. The highest BCUT2D eigenvalue weighted by molar-refractivity contribution is 7.91. The molecular weight excluding hydrogens is 324 g/mol. The van der Waals surface area contributed by atoms with E-state index in [1.807, 2.05) is 29.3 Å². The fraction of sp³-hybridized carbons (Fsp3) is 0.429. The van der Waals surface area contributed by atoms with Gasteiger partial charge < -0.3 is 5.32 Å². The summed E-state index contributed by atoms with van der Waals surface area (Å²) in [6, 6.07) is 3.96.